The van der Waals surface area contributed by atoms with Gasteiger partial charge < -0.3 is 5.32 Å². The molecule has 2 rings (SSSR count). The number of amides is 3. The Morgan fingerprint density at radius 2 is 2.12 bits per heavy atom. The minimum Gasteiger partial charge on any atom is -0.325 e. The summed E-state index contributed by atoms with van der Waals surface area (Å²) in [5.74, 6) is -0.225. The maximum atomic E-state index is 11.9. The van der Waals surface area contributed by atoms with Crippen LogP contribution in [0.1, 0.15) is 18.9 Å². The number of hydrogen-bond donors (Lipinski definition) is 1. The highest BCUT2D eigenvalue weighted by Crippen LogP contribution is 2.26. The Morgan fingerprint density at radius 3 is 2.65 bits per heavy atom. The van der Waals surface area contributed by atoms with Crippen molar-refractivity contribution >= 4 is 29.2 Å². The Labute approximate surface area is 105 Å². The number of carbonyl (C=O) groups is 2. The van der Waals surface area contributed by atoms with Crippen molar-refractivity contribution in [2.24, 2.45) is 0 Å². The Morgan fingerprint density at radius 1 is 1.41 bits per heavy atom. The zero-order valence-corrected chi connectivity index (χ0v) is 10.4. The SMILES string of the molecule is CCC1NC(=O)N(c2ccc(C)c(Cl)c2)C1=O. The van der Waals surface area contributed by atoms with Crippen LogP contribution in [0.5, 0.6) is 0 Å². The average Bonchev–Trinajstić information content (AvgIpc) is 2.58. The number of imide groups is 1. The standard InChI is InChI=1S/C12H13ClN2O2/c1-3-10-11(16)15(12(17)14-10)8-5-4-7(2)9(13)6-8/h4-6,10H,3H2,1-2H3,(H,14,17). The van der Waals surface area contributed by atoms with Crippen LogP contribution in [0.25, 0.3) is 0 Å². The third-order valence-corrected chi connectivity index (χ3v) is 3.25. The zero-order valence-electron chi connectivity index (χ0n) is 9.66. The maximum absolute atomic E-state index is 11.9. The first-order valence-electron chi connectivity index (χ1n) is 5.45. The van der Waals surface area contributed by atoms with Crippen molar-refractivity contribution in [1.29, 1.82) is 0 Å². The molecular weight excluding hydrogens is 240 g/mol. The fourth-order valence-corrected chi connectivity index (χ4v) is 1.95. The summed E-state index contributed by atoms with van der Waals surface area (Å²) in [6, 6.07) is 4.32. The number of carbonyl (C=O) groups excluding carboxylic acids is 2. The monoisotopic (exact) mass is 252 g/mol. The van der Waals surface area contributed by atoms with Gasteiger partial charge in [0.05, 0.1) is 5.69 Å². The first-order valence-corrected chi connectivity index (χ1v) is 5.83. The van der Waals surface area contributed by atoms with Crippen LogP contribution in [0.15, 0.2) is 18.2 Å². The molecule has 0 spiro atoms. The highest BCUT2D eigenvalue weighted by atomic mass is 35.5. The predicted octanol–water partition coefficient (Wildman–Crippen LogP) is 2.48. The minimum absolute atomic E-state index is 0.225. The molecule has 5 heteroatoms. The summed E-state index contributed by atoms with van der Waals surface area (Å²) in [5.41, 5.74) is 1.42. The van der Waals surface area contributed by atoms with E-state index in [9.17, 15) is 9.59 Å². The van der Waals surface area contributed by atoms with Gasteiger partial charge in [-0.05, 0) is 31.0 Å². The number of rotatable bonds is 2. The van der Waals surface area contributed by atoms with Crippen molar-refractivity contribution in [2.75, 3.05) is 4.90 Å². The van der Waals surface area contributed by atoms with Gasteiger partial charge in [0, 0.05) is 5.02 Å². The van der Waals surface area contributed by atoms with E-state index in [0.29, 0.717) is 17.1 Å². The number of aryl methyl sites for hydroxylation is 1. The van der Waals surface area contributed by atoms with Crippen LogP contribution in [0.3, 0.4) is 0 Å². The second-order valence-corrected chi connectivity index (χ2v) is 4.42. The average molecular weight is 253 g/mol. The molecule has 1 N–H and O–H groups in total. The molecule has 17 heavy (non-hydrogen) atoms. The van der Waals surface area contributed by atoms with Gasteiger partial charge in [0.15, 0.2) is 0 Å². The maximum Gasteiger partial charge on any atom is 0.329 e. The predicted molar refractivity (Wildman–Crippen MR) is 66.3 cm³/mol. The van der Waals surface area contributed by atoms with E-state index >= 15 is 0 Å². The van der Waals surface area contributed by atoms with Gasteiger partial charge in [-0.2, -0.15) is 0 Å². The van der Waals surface area contributed by atoms with E-state index in [1.807, 2.05) is 13.8 Å². The number of halogens is 1. The molecule has 0 bridgehead atoms. The van der Waals surface area contributed by atoms with Gasteiger partial charge in [0.2, 0.25) is 0 Å². The normalized spacial score (nSPS) is 19.7. The molecule has 1 heterocycles. The fourth-order valence-electron chi connectivity index (χ4n) is 1.77. The number of urea groups is 1. The molecule has 0 aromatic heterocycles. The van der Waals surface area contributed by atoms with Crippen molar-refractivity contribution in [3.8, 4) is 0 Å². The molecule has 1 aromatic carbocycles. The lowest BCUT2D eigenvalue weighted by atomic mass is 10.2. The van der Waals surface area contributed by atoms with Gasteiger partial charge in [-0.25, -0.2) is 9.69 Å². The summed E-state index contributed by atoms with van der Waals surface area (Å²) < 4.78 is 0. The molecule has 1 aliphatic heterocycles. The molecular formula is C12H13ClN2O2. The van der Waals surface area contributed by atoms with Crippen LogP contribution in [0.2, 0.25) is 5.02 Å². The van der Waals surface area contributed by atoms with Crippen LogP contribution in [-0.4, -0.2) is 18.0 Å². The van der Waals surface area contributed by atoms with Crippen LogP contribution in [0.4, 0.5) is 10.5 Å². The summed E-state index contributed by atoms with van der Waals surface area (Å²) >= 11 is 5.99. The fraction of sp³-hybridized carbons (Fsp3) is 0.333. The Hall–Kier alpha value is -1.55. The van der Waals surface area contributed by atoms with Crippen molar-refractivity contribution in [3.63, 3.8) is 0 Å². The lowest BCUT2D eigenvalue weighted by Gasteiger charge is -2.13. The number of nitrogens with zero attached hydrogens (tertiary/aromatic N) is 1. The lowest BCUT2D eigenvalue weighted by Crippen LogP contribution is -2.31. The topological polar surface area (TPSA) is 49.4 Å². The molecule has 1 aliphatic rings. The van der Waals surface area contributed by atoms with Crippen LogP contribution in [0, 0.1) is 6.92 Å². The highest BCUT2D eigenvalue weighted by Gasteiger charge is 2.37. The third kappa shape index (κ3) is 2.00. The summed E-state index contributed by atoms with van der Waals surface area (Å²) in [5, 5.41) is 3.17. The smallest absolute Gasteiger partial charge is 0.325 e. The molecule has 1 fully saturated rings. The van der Waals surface area contributed by atoms with Gasteiger partial charge in [-0.15, -0.1) is 0 Å². The summed E-state index contributed by atoms with van der Waals surface area (Å²) in [7, 11) is 0. The van der Waals surface area contributed by atoms with Crippen molar-refractivity contribution in [2.45, 2.75) is 26.3 Å². The largest absolute Gasteiger partial charge is 0.329 e. The van der Waals surface area contributed by atoms with E-state index in [-0.39, 0.29) is 11.9 Å². The van der Waals surface area contributed by atoms with E-state index in [1.165, 1.54) is 0 Å². The number of nitrogens with one attached hydrogen (secondary N) is 1. The van der Waals surface area contributed by atoms with Gasteiger partial charge in [0.1, 0.15) is 6.04 Å². The molecule has 1 aromatic rings. The minimum atomic E-state index is -0.428. The highest BCUT2D eigenvalue weighted by molar-refractivity contribution is 6.32. The Balaban J connectivity index is 2.36. The van der Waals surface area contributed by atoms with Gasteiger partial charge >= 0.3 is 6.03 Å². The summed E-state index contributed by atoms with van der Waals surface area (Å²) in [4.78, 5) is 24.8. The second kappa shape index (κ2) is 4.37. The van der Waals surface area contributed by atoms with E-state index in [2.05, 4.69) is 5.32 Å². The molecule has 1 atom stereocenters. The van der Waals surface area contributed by atoms with Crippen LogP contribution < -0.4 is 10.2 Å². The first kappa shape index (κ1) is 11.9. The van der Waals surface area contributed by atoms with Gasteiger partial charge in [-0.3, -0.25) is 4.79 Å². The Bertz CT molecular complexity index is 487. The van der Waals surface area contributed by atoms with E-state index < -0.39 is 6.04 Å². The lowest BCUT2D eigenvalue weighted by molar-refractivity contribution is -0.118. The molecule has 4 nitrogen and oxygen atoms in total. The molecule has 1 saturated heterocycles. The molecule has 1 unspecified atom stereocenters. The number of benzene rings is 1. The molecule has 90 valence electrons. The molecule has 3 amide bonds. The van der Waals surface area contributed by atoms with Gasteiger partial charge in [-0.1, -0.05) is 24.6 Å². The zero-order chi connectivity index (χ0) is 12.6. The number of hydrogen-bond acceptors (Lipinski definition) is 2. The second-order valence-electron chi connectivity index (χ2n) is 4.02. The molecule has 0 aliphatic carbocycles. The Kier molecular flexibility index (Phi) is 3.07. The summed E-state index contributed by atoms with van der Waals surface area (Å²) in [6.45, 7) is 3.72. The third-order valence-electron chi connectivity index (χ3n) is 2.84. The first-order chi connectivity index (χ1) is 8.04. The van der Waals surface area contributed by atoms with Crippen LogP contribution >= 0.6 is 11.6 Å². The van der Waals surface area contributed by atoms with Crippen molar-refractivity contribution < 1.29 is 9.59 Å². The van der Waals surface area contributed by atoms with E-state index in [0.717, 1.165) is 10.5 Å². The van der Waals surface area contributed by atoms with E-state index in [4.69, 9.17) is 11.6 Å². The summed E-state index contributed by atoms with van der Waals surface area (Å²) in [6.07, 6.45) is 0.584. The molecule has 0 saturated carbocycles. The number of anilines is 1. The van der Waals surface area contributed by atoms with Crippen molar-refractivity contribution in [3.05, 3.63) is 28.8 Å². The quantitative estimate of drug-likeness (QED) is 0.822. The van der Waals surface area contributed by atoms with Crippen LogP contribution in [-0.2, 0) is 4.79 Å². The van der Waals surface area contributed by atoms with Crippen molar-refractivity contribution in [1.82, 2.24) is 5.32 Å². The molecule has 0 radical (unpaired) electrons. The van der Waals surface area contributed by atoms with Gasteiger partial charge in [0.25, 0.3) is 5.91 Å². The van der Waals surface area contributed by atoms with E-state index in [1.54, 1.807) is 18.2 Å².